The summed E-state index contributed by atoms with van der Waals surface area (Å²) >= 11 is 0. The average Bonchev–Trinajstić information content (AvgIpc) is 3.09. The van der Waals surface area contributed by atoms with Crippen LogP contribution in [-0.2, 0) is 17.6 Å². The molecule has 2 unspecified atom stereocenters. The van der Waals surface area contributed by atoms with Gasteiger partial charge in [0.15, 0.2) is 0 Å². The molecular formula is C21H24N2O4. The zero-order chi connectivity index (χ0) is 19.2. The Hall–Kier alpha value is -2.67. The van der Waals surface area contributed by atoms with Crippen LogP contribution in [0.3, 0.4) is 0 Å². The normalized spacial score (nSPS) is 17.0. The van der Waals surface area contributed by atoms with E-state index in [1.54, 1.807) is 23.7 Å². The maximum atomic E-state index is 11.1. The second-order valence-electron chi connectivity index (χ2n) is 6.78. The number of aliphatic hydroxyl groups is 1. The van der Waals surface area contributed by atoms with Crippen molar-refractivity contribution >= 4 is 12.0 Å². The van der Waals surface area contributed by atoms with Crippen molar-refractivity contribution in [3.05, 3.63) is 70.8 Å². The van der Waals surface area contributed by atoms with Gasteiger partial charge in [-0.3, -0.25) is 10.0 Å². The van der Waals surface area contributed by atoms with Gasteiger partial charge in [-0.2, -0.15) is 0 Å². The Labute approximate surface area is 158 Å². The molecule has 27 heavy (non-hydrogen) atoms. The summed E-state index contributed by atoms with van der Waals surface area (Å²) in [6, 6.07) is 13.2. The SMILES string of the molecule is O=C(/C=C/c1ccc2c(c1)CCC2NC(CO)Cc1ccc(O)cc1)NO. The van der Waals surface area contributed by atoms with Crippen molar-refractivity contribution < 1.29 is 20.2 Å². The Bertz CT molecular complexity index is 817. The number of hydrogen-bond acceptors (Lipinski definition) is 5. The standard InChI is InChI=1S/C21H24N2O4/c24-13-17(12-15-1-6-18(25)7-2-15)22-20-9-5-16-11-14(3-8-19(16)20)4-10-21(26)23-27/h1-4,6-8,10-11,17,20,22,24-25,27H,5,9,12-13H2,(H,23,26)/b10-4+. The molecule has 0 aromatic heterocycles. The van der Waals surface area contributed by atoms with Crippen LogP contribution in [0, 0.1) is 0 Å². The summed E-state index contributed by atoms with van der Waals surface area (Å²) in [5.41, 5.74) is 5.97. The molecule has 1 aliphatic carbocycles. The first kappa shape index (κ1) is 19.1. The van der Waals surface area contributed by atoms with Crippen molar-refractivity contribution in [1.29, 1.82) is 0 Å². The highest BCUT2D eigenvalue weighted by Gasteiger charge is 2.24. The molecule has 0 saturated carbocycles. The fourth-order valence-corrected chi connectivity index (χ4v) is 3.50. The Morgan fingerprint density at radius 2 is 2.00 bits per heavy atom. The van der Waals surface area contributed by atoms with E-state index in [0.29, 0.717) is 6.42 Å². The van der Waals surface area contributed by atoms with Crippen molar-refractivity contribution in [1.82, 2.24) is 10.8 Å². The van der Waals surface area contributed by atoms with Crippen molar-refractivity contribution in [3.8, 4) is 5.75 Å². The van der Waals surface area contributed by atoms with Gasteiger partial charge in [-0.05, 0) is 59.7 Å². The predicted octanol–water partition coefficient (Wildman–Crippen LogP) is 2.09. The van der Waals surface area contributed by atoms with Gasteiger partial charge in [0.2, 0.25) is 0 Å². The van der Waals surface area contributed by atoms with Crippen LogP contribution in [-0.4, -0.2) is 34.0 Å². The van der Waals surface area contributed by atoms with E-state index >= 15 is 0 Å². The van der Waals surface area contributed by atoms with Crippen LogP contribution in [0.25, 0.3) is 6.08 Å². The van der Waals surface area contributed by atoms with Crippen LogP contribution in [0.2, 0.25) is 0 Å². The van der Waals surface area contributed by atoms with Crippen LogP contribution in [0.5, 0.6) is 5.75 Å². The van der Waals surface area contributed by atoms with Crippen LogP contribution < -0.4 is 10.8 Å². The molecule has 6 heteroatoms. The monoisotopic (exact) mass is 368 g/mol. The van der Waals surface area contributed by atoms with Crippen LogP contribution >= 0.6 is 0 Å². The number of aliphatic hydroxyl groups excluding tert-OH is 1. The maximum Gasteiger partial charge on any atom is 0.267 e. The number of phenols is 1. The lowest BCUT2D eigenvalue weighted by molar-refractivity contribution is -0.124. The molecule has 2 aromatic carbocycles. The zero-order valence-corrected chi connectivity index (χ0v) is 14.9. The minimum Gasteiger partial charge on any atom is -0.508 e. The molecule has 0 aliphatic heterocycles. The van der Waals surface area contributed by atoms with Gasteiger partial charge in [-0.15, -0.1) is 0 Å². The average molecular weight is 368 g/mol. The quantitative estimate of drug-likeness (QED) is 0.293. The smallest absolute Gasteiger partial charge is 0.267 e. The first-order valence-electron chi connectivity index (χ1n) is 8.99. The van der Waals surface area contributed by atoms with E-state index in [1.165, 1.54) is 17.2 Å². The van der Waals surface area contributed by atoms with Gasteiger partial charge in [0, 0.05) is 18.2 Å². The lowest BCUT2D eigenvalue weighted by Gasteiger charge is -2.22. The van der Waals surface area contributed by atoms with E-state index in [0.717, 1.165) is 24.0 Å². The first-order valence-corrected chi connectivity index (χ1v) is 8.99. The molecule has 5 N–H and O–H groups in total. The first-order chi connectivity index (χ1) is 13.1. The van der Waals surface area contributed by atoms with Crippen LogP contribution in [0.1, 0.15) is 34.7 Å². The molecule has 2 atom stereocenters. The molecule has 0 heterocycles. The second kappa shape index (κ2) is 8.81. The van der Waals surface area contributed by atoms with E-state index in [1.807, 2.05) is 30.3 Å². The Morgan fingerprint density at radius 1 is 1.22 bits per heavy atom. The number of hydrogen-bond donors (Lipinski definition) is 5. The van der Waals surface area contributed by atoms with Crippen molar-refractivity contribution in [3.63, 3.8) is 0 Å². The number of hydroxylamine groups is 1. The van der Waals surface area contributed by atoms with Gasteiger partial charge < -0.3 is 15.5 Å². The fraction of sp³-hybridized carbons (Fsp3) is 0.286. The van der Waals surface area contributed by atoms with Crippen LogP contribution in [0.4, 0.5) is 0 Å². The molecular weight excluding hydrogens is 344 g/mol. The molecule has 0 spiro atoms. The van der Waals surface area contributed by atoms with E-state index < -0.39 is 5.91 Å². The third-order valence-corrected chi connectivity index (χ3v) is 4.86. The number of aromatic hydroxyl groups is 1. The van der Waals surface area contributed by atoms with Crippen molar-refractivity contribution in [2.75, 3.05) is 6.61 Å². The van der Waals surface area contributed by atoms with Crippen molar-refractivity contribution in [2.45, 2.75) is 31.3 Å². The largest absolute Gasteiger partial charge is 0.508 e. The van der Waals surface area contributed by atoms with Crippen molar-refractivity contribution in [2.24, 2.45) is 0 Å². The summed E-state index contributed by atoms with van der Waals surface area (Å²) in [7, 11) is 0. The molecule has 142 valence electrons. The minimum absolute atomic E-state index is 0.0316. The van der Waals surface area contributed by atoms with Gasteiger partial charge >= 0.3 is 0 Å². The predicted molar refractivity (Wildman–Crippen MR) is 102 cm³/mol. The molecule has 0 fully saturated rings. The summed E-state index contributed by atoms with van der Waals surface area (Å²) in [6.07, 6.45) is 5.50. The number of carbonyl (C=O) groups is 1. The lowest BCUT2D eigenvalue weighted by atomic mass is 10.0. The highest BCUT2D eigenvalue weighted by atomic mass is 16.5. The Kier molecular flexibility index (Phi) is 6.24. The number of aryl methyl sites for hydroxylation is 1. The minimum atomic E-state index is -0.560. The summed E-state index contributed by atoms with van der Waals surface area (Å²) in [6.45, 7) is 0.0316. The summed E-state index contributed by atoms with van der Waals surface area (Å²) < 4.78 is 0. The molecule has 1 aliphatic rings. The van der Waals surface area contributed by atoms with Gasteiger partial charge in [-0.25, -0.2) is 5.48 Å². The Balaban J connectivity index is 1.66. The van der Waals surface area contributed by atoms with Crippen LogP contribution in [0.15, 0.2) is 48.5 Å². The fourth-order valence-electron chi connectivity index (χ4n) is 3.50. The molecule has 2 aromatic rings. The number of carbonyl (C=O) groups excluding carboxylic acids is 1. The highest BCUT2D eigenvalue weighted by molar-refractivity contribution is 5.90. The number of benzene rings is 2. The number of fused-ring (bicyclic) bond motifs is 1. The van der Waals surface area contributed by atoms with E-state index in [2.05, 4.69) is 5.32 Å². The van der Waals surface area contributed by atoms with E-state index in [-0.39, 0.29) is 24.4 Å². The summed E-state index contributed by atoms with van der Waals surface area (Å²) in [5, 5.41) is 31.2. The molecule has 0 radical (unpaired) electrons. The highest BCUT2D eigenvalue weighted by Crippen LogP contribution is 2.32. The number of phenolic OH excluding ortho intramolecular Hbond substituents is 1. The molecule has 0 bridgehead atoms. The molecule has 3 rings (SSSR count). The third kappa shape index (κ3) is 4.95. The van der Waals surface area contributed by atoms with E-state index in [9.17, 15) is 15.0 Å². The molecule has 6 nitrogen and oxygen atoms in total. The lowest BCUT2D eigenvalue weighted by Crippen LogP contribution is -2.36. The number of rotatable bonds is 7. The maximum absolute atomic E-state index is 11.1. The number of nitrogens with one attached hydrogen (secondary N) is 2. The molecule has 0 saturated heterocycles. The Morgan fingerprint density at radius 3 is 2.70 bits per heavy atom. The van der Waals surface area contributed by atoms with Gasteiger partial charge in [0.1, 0.15) is 5.75 Å². The van der Waals surface area contributed by atoms with Gasteiger partial charge in [-0.1, -0.05) is 30.3 Å². The summed E-state index contributed by atoms with van der Waals surface area (Å²) in [4.78, 5) is 11.1. The topological polar surface area (TPSA) is 102 Å². The molecule has 1 amide bonds. The third-order valence-electron chi connectivity index (χ3n) is 4.86. The van der Waals surface area contributed by atoms with Gasteiger partial charge in [0.25, 0.3) is 5.91 Å². The summed E-state index contributed by atoms with van der Waals surface area (Å²) in [5.74, 6) is -0.326. The van der Waals surface area contributed by atoms with E-state index in [4.69, 9.17) is 5.21 Å². The number of amides is 1. The van der Waals surface area contributed by atoms with Gasteiger partial charge in [0.05, 0.1) is 6.61 Å². The second-order valence-corrected chi connectivity index (χ2v) is 6.78. The zero-order valence-electron chi connectivity index (χ0n) is 14.9.